The highest BCUT2D eigenvalue weighted by atomic mass is 16.5. The second-order valence-corrected chi connectivity index (χ2v) is 7.57. The Morgan fingerprint density at radius 3 is 2.36 bits per heavy atom. The fourth-order valence-corrected chi connectivity index (χ4v) is 3.76. The Bertz CT molecular complexity index is 487. The predicted molar refractivity (Wildman–Crippen MR) is 108 cm³/mol. The number of hydrogen-bond donors (Lipinski definition) is 4. The van der Waals surface area contributed by atoms with Crippen molar-refractivity contribution in [2.24, 2.45) is 5.92 Å². The number of piperazine rings is 1. The van der Waals surface area contributed by atoms with E-state index in [1.165, 1.54) is 37.0 Å². The van der Waals surface area contributed by atoms with Crippen molar-refractivity contribution >= 4 is 17.7 Å². The van der Waals surface area contributed by atoms with Gasteiger partial charge >= 0.3 is 6.03 Å². The largest absolute Gasteiger partial charge is 0.341 e. The first kappa shape index (κ1) is 24.4. The molecule has 162 valence electrons. The third-order valence-corrected chi connectivity index (χ3v) is 5.41. The van der Waals surface area contributed by atoms with E-state index < -0.39 is 17.9 Å². The zero-order valence-electron chi connectivity index (χ0n) is 17.5. The number of hydrogen-bond acceptors (Lipinski definition) is 5. The Kier molecular flexibility index (Phi) is 12.5. The van der Waals surface area contributed by atoms with Crippen molar-refractivity contribution < 1.29 is 19.6 Å². The molecule has 8 nitrogen and oxygen atoms in total. The first-order valence-electron chi connectivity index (χ1n) is 10.7. The van der Waals surface area contributed by atoms with E-state index in [4.69, 9.17) is 5.21 Å². The van der Waals surface area contributed by atoms with Crippen LogP contribution in [0, 0.1) is 5.92 Å². The molecule has 0 saturated carbocycles. The zero-order chi connectivity index (χ0) is 20.8. The van der Waals surface area contributed by atoms with E-state index >= 15 is 0 Å². The molecule has 0 aromatic heterocycles. The Balaban J connectivity index is 2.57. The molecule has 0 radical (unpaired) electrons. The Hall–Kier alpha value is -1.67. The maximum atomic E-state index is 13.1. The molecular formula is C20H38N4O4. The molecular weight excluding hydrogens is 360 g/mol. The number of nitrogens with zero attached hydrogens (tertiary/aromatic N) is 1. The minimum absolute atomic E-state index is 0.0517. The lowest BCUT2D eigenvalue weighted by molar-refractivity contribution is -0.136. The molecule has 1 saturated heterocycles. The van der Waals surface area contributed by atoms with E-state index in [1.807, 2.05) is 0 Å². The molecule has 0 aliphatic carbocycles. The second kappa shape index (κ2) is 14.3. The summed E-state index contributed by atoms with van der Waals surface area (Å²) in [7, 11) is 1.54. The van der Waals surface area contributed by atoms with E-state index in [0.29, 0.717) is 26.1 Å². The van der Waals surface area contributed by atoms with Gasteiger partial charge in [-0.3, -0.25) is 14.8 Å². The van der Waals surface area contributed by atoms with Gasteiger partial charge in [0.2, 0.25) is 5.91 Å². The molecule has 1 heterocycles. The van der Waals surface area contributed by atoms with Gasteiger partial charge in [0.25, 0.3) is 0 Å². The summed E-state index contributed by atoms with van der Waals surface area (Å²) in [6.45, 7) is 3.68. The first-order chi connectivity index (χ1) is 13.5. The molecule has 1 unspecified atom stereocenters. The van der Waals surface area contributed by atoms with Crippen molar-refractivity contribution in [3.8, 4) is 0 Å². The third kappa shape index (κ3) is 8.56. The molecule has 0 aromatic carbocycles. The quantitative estimate of drug-likeness (QED) is 0.216. The number of nitrogens with one attached hydrogen (secondary N) is 3. The molecule has 1 rings (SSSR count). The molecule has 0 spiro atoms. The second-order valence-electron chi connectivity index (χ2n) is 7.57. The van der Waals surface area contributed by atoms with Gasteiger partial charge in [0.15, 0.2) is 5.78 Å². The van der Waals surface area contributed by atoms with Crippen molar-refractivity contribution in [1.82, 2.24) is 21.0 Å². The van der Waals surface area contributed by atoms with Crippen LogP contribution in [0.2, 0.25) is 0 Å². The van der Waals surface area contributed by atoms with Crippen LogP contribution in [0.4, 0.5) is 4.79 Å². The van der Waals surface area contributed by atoms with E-state index in [9.17, 15) is 14.4 Å². The molecule has 4 N–H and O–H groups in total. The summed E-state index contributed by atoms with van der Waals surface area (Å²) in [5.41, 5.74) is 1.63. The van der Waals surface area contributed by atoms with Gasteiger partial charge in [-0.1, -0.05) is 58.3 Å². The normalized spacial score (nSPS) is 17.8. The number of urea groups is 1. The number of hydroxylamine groups is 1. The molecule has 2 atom stereocenters. The number of unbranched alkanes of at least 4 members (excludes halogenated alkanes) is 7. The highest BCUT2D eigenvalue weighted by Crippen LogP contribution is 2.21. The smallest absolute Gasteiger partial charge is 0.317 e. The Labute approximate surface area is 168 Å². The minimum atomic E-state index is -0.584. The number of carbonyl (C=O) groups is 3. The van der Waals surface area contributed by atoms with Gasteiger partial charge in [-0.15, -0.1) is 0 Å². The highest BCUT2D eigenvalue weighted by Gasteiger charge is 2.36. The number of rotatable bonds is 13. The molecule has 0 aromatic rings. The van der Waals surface area contributed by atoms with Gasteiger partial charge in [-0.2, -0.15) is 0 Å². The maximum Gasteiger partial charge on any atom is 0.317 e. The summed E-state index contributed by atoms with van der Waals surface area (Å²) < 4.78 is 0. The van der Waals surface area contributed by atoms with Crippen molar-refractivity contribution in [3.63, 3.8) is 0 Å². The predicted octanol–water partition coefficient (Wildman–Crippen LogP) is 2.21. The summed E-state index contributed by atoms with van der Waals surface area (Å²) in [5, 5.41) is 14.6. The lowest BCUT2D eigenvalue weighted by Gasteiger charge is -2.36. The molecule has 28 heavy (non-hydrogen) atoms. The van der Waals surface area contributed by atoms with E-state index in [-0.39, 0.29) is 18.2 Å². The van der Waals surface area contributed by atoms with Crippen LogP contribution in [-0.4, -0.2) is 60.6 Å². The summed E-state index contributed by atoms with van der Waals surface area (Å²) >= 11 is 0. The average molecular weight is 399 g/mol. The highest BCUT2D eigenvalue weighted by molar-refractivity contribution is 5.93. The minimum Gasteiger partial charge on any atom is -0.341 e. The molecule has 1 aliphatic rings. The lowest BCUT2D eigenvalue weighted by Crippen LogP contribution is -2.60. The van der Waals surface area contributed by atoms with Gasteiger partial charge in [0.1, 0.15) is 6.04 Å². The van der Waals surface area contributed by atoms with Crippen molar-refractivity contribution in [2.75, 3.05) is 26.7 Å². The summed E-state index contributed by atoms with van der Waals surface area (Å²) in [6, 6.07) is -0.864. The topological polar surface area (TPSA) is 111 Å². The molecule has 3 amide bonds. The van der Waals surface area contributed by atoms with Crippen molar-refractivity contribution in [2.45, 2.75) is 77.2 Å². The van der Waals surface area contributed by atoms with Crippen LogP contribution >= 0.6 is 0 Å². The molecule has 0 bridgehead atoms. The summed E-state index contributed by atoms with van der Waals surface area (Å²) in [6.07, 6.45) is 9.81. The van der Waals surface area contributed by atoms with E-state index in [0.717, 1.165) is 19.3 Å². The van der Waals surface area contributed by atoms with Gasteiger partial charge < -0.3 is 15.5 Å². The van der Waals surface area contributed by atoms with E-state index in [1.54, 1.807) is 12.5 Å². The van der Waals surface area contributed by atoms with Gasteiger partial charge in [-0.05, 0) is 6.42 Å². The van der Waals surface area contributed by atoms with Crippen molar-refractivity contribution in [3.05, 3.63) is 0 Å². The van der Waals surface area contributed by atoms with Crippen LogP contribution in [0.15, 0.2) is 0 Å². The fourth-order valence-electron chi connectivity index (χ4n) is 3.76. The zero-order valence-corrected chi connectivity index (χ0v) is 17.5. The Morgan fingerprint density at radius 1 is 1.11 bits per heavy atom. The maximum absolute atomic E-state index is 13.1. The number of ketones is 1. The van der Waals surface area contributed by atoms with Gasteiger partial charge in [0.05, 0.1) is 0 Å². The van der Waals surface area contributed by atoms with Crippen LogP contribution in [0.25, 0.3) is 0 Å². The molecule has 8 heteroatoms. The molecule has 1 fully saturated rings. The monoisotopic (exact) mass is 398 g/mol. The average Bonchev–Trinajstić information content (AvgIpc) is 2.73. The standard InChI is InChI=1S/C20H38N4O4/c1-3-4-5-6-7-8-9-10-11-16(14-18(25)23-28)19(26)17-15-22-12-13-24(17)20(27)21-2/h16-17,22,28H,3-15H2,1-2H3,(H,21,27)(H,23,25)/t16?,17-/m0/s1. The van der Waals surface area contributed by atoms with Gasteiger partial charge in [-0.25, -0.2) is 10.3 Å². The first-order valence-corrected chi connectivity index (χ1v) is 10.7. The molecule has 1 aliphatic heterocycles. The lowest BCUT2D eigenvalue weighted by atomic mass is 9.88. The SMILES string of the molecule is CCCCCCCCCCC(CC(=O)NO)C(=O)[C@@H]1CNCCN1C(=O)NC. The number of carbonyl (C=O) groups excluding carboxylic acids is 3. The van der Waals surface area contributed by atoms with Crippen LogP contribution < -0.4 is 16.1 Å². The van der Waals surface area contributed by atoms with Crippen LogP contribution in [-0.2, 0) is 9.59 Å². The van der Waals surface area contributed by atoms with Gasteiger partial charge in [0, 0.05) is 39.0 Å². The van der Waals surface area contributed by atoms with Crippen LogP contribution in [0.3, 0.4) is 0 Å². The number of amides is 3. The number of Topliss-reactive ketones (excluding diaryl/α,β-unsaturated/α-hetero) is 1. The van der Waals surface area contributed by atoms with Crippen LogP contribution in [0.5, 0.6) is 0 Å². The van der Waals surface area contributed by atoms with Crippen LogP contribution in [0.1, 0.15) is 71.1 Å². The fraction of sp³-hybridized carbons (Fsp3) is 0.850. The van der Waals surface area contributed by atoms with Crippen molar-refractivity contribution in [1.29, 1.82) is 0 Å². The summed E-state index contributed by atoms with van der Waals surface area (Å²) in [4.78, 5) is 38.4. The summed E-state index contributed by atoms with van der Waals surface area (Å²) in [5.74, 6) is -1.17. The van der Waals surface area contributed by atoms with E-state index in [2.05, 4.69) is 17.6 Å². The Morgan fingerprint density at radius 2 is 1.75 bits per heavy atom. The third-order valence-electron chi connectivity index (χ3n) is 5.41.